The van der Waals surface area contributed by atoms with Crippen LogP contribution in [0.4, 0.5) is 0 Å². The average Bonchev–Trinajstić information content (AvgIpc) is 2.31. The summed E-state index contributed by atoms with van der Waals surface area (Å²) in [6.07, 6.45) is 1.89. The first-order valence-corrected chi connectivity index (χ1v) is 6.84. The number of carbonyl (C=O) groups is 1. The Hall–Kier alpha value is -0.610. The van der Waals surface area contributed by atoms with Gasteiger partial charge in [0.2, 0.25) is 5.91 Å². The van der Waals surface area contributed by atoms with Gasteiger partial charge in [0.25, 0.3) is 0 Å². The van der Waals surface area contributed by atoms with E-state index in [1.54, 1.807) is 7.11 Å². The van der Waals surface area contributed by atoms with Gasteiger partial charge in [-0.2, -0.15) is 0 Å². The molecule has 0 aromatic carbocycles. The van der Waals surface area contributed by atoms with Crippen LogP contribution in [0.2, 0.25) is 0 Å². The van der Waals surface area contributed by atoms with Gasteiger partial charge >= 0.3 is 0 Å². The van der Waals surface area contributed by atoms with Crippen LogP contribution in [0.3, 0.4) is 0 Å². The number of hydrogen-bond acceptors (Lipinski definition) is 3. The zero-order chi connectivity index (χ0) is 14.3. The van der Waals surface area contributed by atoms with Gasteiger partial charge in [-0.1, -0.05) is 34.6 Å². The van der Waals surface area contributed by atoms with Gasteiger partial charge in [-0.15, -0.1) is 0 Å². The molecule has 0 bridgehead atoms. The molecule has 0 saturated carbocycles. The summed E-state index contributed by atoms with van der Waals surface area (Å²) < 4.78 is 5.09. The Morgan fingerprint density at radius 2 is 1.78 bits per heavy atom. The summed E-state index contributed by atoms with van der Waals surface area (Å²) in [5.74, 6) is 0.0354. The Balaban J connectivity index is 4.89. The molecule has 1 atom stereocenters. The molecular formula is C14H30N2O2. The van der Waals surface area contributed by atoms with E-state index in [2.05, 4.69) is 13.8 Å². The van der Waals surface area contributed by atoms with Crippen molar-refractivity contribution in [3.05, 3.63) is 0 Å². The van der Waals surface area contributed by atoms with E-state index in [-0.39, 0.29) is 17.4 Å². The summed E-state index contributed by atoms with van der Waals surface area (Å²) in [5.41, 5.74) is 5.87. The van der Waals surface area contributed by atoms with Crippen LogP contribution in [0.5, 0.6) is 0 Å². The molecule has 1 unspecified atom stereocenters. The molecular weight excluding hydrogens is 228 g/mol. The standard InChI is InChI=1S/C14H30N2O2/c1-7-11(8-2)16(9-10-18-6)13(17)12(15)14(3,4)5/h11-12H,7-10,15H2,1-6H3. The van der Waals surface area contributed by atoms with Crippen LogP contribution in [0, 0.1) is 5.41 Å². The zero-order valence-corrected chi connectivity index (χ0v) is 12.8. The molecule has 0 heterocycles. The summed E-state index contributed by atoms with van der Waals surface area (Å²) in [5, 5.41) is 0. The summed E-state index contributed by atoms with van der Waals surface area (Å²) in [6.45, 7) is 11.4. The van der Waals surface area contributed by atoms with Crippen molar-refractivity contribution >= 4 is 5.91 Å². The number of amides is 1. The monoisotopic (exact) mass is 258 g/mol. The van der Waals surface area contributed by atoms with Gasteiger partial charge < -0.3 is 15.4 Å². The fraction of sp³-hybridized carbons (Fsp3) is 0.929. The van der Waals surface area contributed by atoms with Crippen molar-refractivity contribution in [1.29, 1.82) is 0 Å². The van der Waals surface area contributed by atoms with E-state index in [9.17, 15) is 4.79 Å². The number of methoxy groups -OCH3 is 1. The first-order chi connectivity index (χ1) is 8.29. The maximum Gasteiger partial charge on any atom is 0.240 e. The van der Waals surface area contributed by atoms with Crippen LogP contribution >= 0.6 is 0 Å². The Labute approximate surface area is 112 Å². The SMILES string of the molecule is CCC(CC)N(CCOC)C(=O)C(N)C(C)(C)C. The predicted octanol–water partition coefficient (Wildman–Crippen LogP) is 2.02. The molecule has 0 fully saturated rings. The molecule has 4 nitrogen and oxygen atoms in total. The van der Waals surface area contributed by atoms with Crippen molar-refractivity contribution in [1.82, 2.24) is 4.90 Å². The number of rotatable bonds is 7. The van der Waals surface area contributed by atoms with E-state index in [4.69, 9.17) is 10.5 Å². The number of hydrogen-bond donors (Lipinski definition) is 1. The second-order valence-electron chi connectivity index (χ2n) is 5.84. The highest BCUT2D eigenvalue weighted by Gasteiger charge is 2.33. The maximum atomic E-state index is 12.5. The number of nitrogens with two attached hydrogens (primary N) is 1. The Bertz CT molecular complexity index is 245. The van der Waals surface area contributed by atoms with Crippen LogP contribution in [0.25, 0.3) is 0 Å². The van der Waals surface area contributed by atoms with Crippen molar-refractivity contribution < 1.29 is 9.53 Å². The van der Waals surface area contributed by atoms with Crippen LogP contribution in [0.15, 0.2) is 0 Å². The first kappa shape index (κ1) is 17.4. The lowest BCUT2D eigenvalue weighted by molar-refractivity contribution is -0.138. The lowest BCUT2D eigenvalue weighted by atomic mass is 9.86. The molecule has 0 radical (unpaired) electrons. The van der Waals surface area contributed by atoms with E-state index in [1.165, 1.54) is 0 Å². The number of nitrogens with zero attached hydrogens (tertiary/aromatic N) is 1. The molecule has 0 rings (SSSR count). The highest BCUT2D eigenvalue weighted by molar-refractivity contribution is 5.82. The first-order valence-electron chi connectivity index (χ1n) is 6.84. The maximum absolute atomic E-state index is 12.5. The van der Waals surface area contributed by atoms with Crippen molar-refractivity contribution in [2.24, 2.45) is 11.1 Å². The van der Waals surface area contributed by atoms with E-state index < -0.39 is 6.04 Å². The van der Waals surface area contributed by atoms with E-state index in [0.717, 1.165) is 12.8 Å². The molecule has 0 spiro atoms. The minimum absolute atomic E-state index is 0.0354. The Morgan fingerprint density at radius 1 is 1.28 bits per heavy atom. The van der Waals surface area contributed by atoms with E-state index in [1.807, 2.05) is 25.7 Å². The molecule has 1 amide bonds. The topological polar surface area (TPSA) is 55.6 Å². The number of ether oxygens (including phenoxy) is 1. The van der Waals surface area contributed by atoms with Gasteiger partial charge in [-0.25, -0.2) is 0 Å². The Kier molecular flexibility index (Phi) is 7.48. The van der Waals surface area contributed by atoms with Crippen molar-refractivity contribution in [2.75, 3.05) is 20.3 Å². The molecule has 2 N–H and O–H groups in total. The molecule has 0 aromatic rings. The fourth-order valence-corrected chi connectivity index (χ4v) is 1.94. The smallest absolute Gasteiger partial charge is 0.240 e. The lowest BCUT2D eigenvalue weighted by Gasteiger charge is -2.36. The molecule has 18 heavy (non-hydrogen) atoms. The zero-order valence-electron chi connectivity index (χ0n) is 12.8. The third-order valence-electron chi connectivity index (χ3n) is 3.40. The van der Waals surface area contributed by atoms with Gasteiger partial charge in [-0.3, -0.25) is 4.79 Å². The second-order valence-corrected chi connectivity index (χ2v) is 5.84. The van der Waals surface area contributed by atoms with Gasteiger partial charge in [0.05, 0.1) is 12.6 Å². The predicted molar refractivity (Wildman–Crippen MR) is 75.4 cm³/mol. The second kappa shape index (κ2) is 7.74. The van der Waals surface area contributed by atoms with E-state index in [0.29, 0.717) is 13.2 Å². The van der Waals surface area contributed by atoms with Crippen molar-refractivity contribution in [3.8, 4) is 0 Å². The highest BCUT2D eigenvalue weighted by atomic mass is 16.5. The van der Waals surface area contributed by atoms with Crippen LogP contribution < -0.4 is 5.73 Å². The normalized spacial score (nSPS) is 13.8. The van der Waals surface area contributed by atoms with Gasteiger partial charge in [-0.05, 0) is 18.3 Å². The summed E-state index contributed by atoms with van der Waals surface area (Å²) in [4.78, 5) is 14.4. The van der Waals surface area contributed by atoms with Gasteiger partial charge in [0, 0.05) is 19.7 Å². The van der Waals surface area contributed by atoms with Gasteiger partial charge in [0.1, 0.15) is 0 Å². The molecule has 0 aliphatic rings. The third-order valence-corrected chi connectivity index (χ3v) is 3.40. The minimum Gasteiger partial charge on any atom is -0.383 e. The lowest BCUT2D eigenvalue weighted by Crippen LogP contribution is -2.54. The largest absolute Gasteiger partial charge is 0.383 e. The fourth-order valence-electron chi connectivity index (χ4n) is 1.94. The van der Waals surface area contributed by atoms with Crippen LogP contribution in [-0.2, 0) is 9.53 Å². The van der Waals surface area contributed by atoms with Gasteiger partial charge in [0.15, 0.2) is 0 Å². The molecule has 0 aliphatic heterocycles. The highest BCUT2D eigenvalue weighted by Crippen LogP contribution is 2.21. The molecule has 4 heteroatoms. The Morgan fingerprint density at radius 3 is 2.11 bits per heavy atom. The molecule has 0 aromatic heterocycles. The summed E-state index contributed by atoms with van der Waals surface area (Å²) in [7, 11) is 1.65. The number of carbonyl (C=O) groups excluding carboxylic acids is 1. The quantitative estimate of drug-likeness (QED) is 0.760. The summed E-state index contributed by atoms with van der Waals surface area (Å²) in [6, 6.07) is -0.212. The average molecular weight is 258 g/mol. The van der Waals surface area contributed by atoms with E-state index >= 15 is 0 Å². The van der Waals surface area contributed by atoms with Crippen molar-refractivity contribution in [3.63, 3.8) is 0 Å². The molecule has 108 valence electrons. The third kappa shape index (κ3) is 4.94. The summed E-state index contributed by atoms with van der Waals surface area (Å²) >= 11 is 0. The van der Waals surface area contributed by atoms with Crippen molar-refractivity contribution in [2.45, 2.75) is 59.5 Å². The van der Waals surface area contributed by atoms with Crippen LogP contribution in [0.1, 0.15) is 47.5 Å². The van der Waals surface area contributed by atoms with Crippen LogP contribution in [-0.4, -0.2) is 43.2 Å². The molecule has 0 saturated heterocycles. The molecule has 0 aliphatic carbocycles. The minimum atomic E-state index is -0.463.